The van der Waals surface area contributed by atoms with Gasteiger partial charge in [0.05, 0.1) is 15.4 Å². The molecular formula is C22H14N2O6S2. The van der Waals surface area contributed by atoms with Gasteiger partial charge in [-0.05, 0) is 23.8 Å². The highest BCUT2D eigenvalue weighted by Gasteiger charge is 2.41. The van der Waals surface area contributed by atoms with Crippen LogP contribution >= 0.6 is 24.0 Å². The highest BCUT2D eigenvalue weighted by atomic mass is 32.2. The maximum Gasteiger partial charge on any atom is 0.331 e. The minimum atomic E-state index is -1.26. The molecule has 1 aromatic heterocycles. The third-order valence-corrected chi connectivity index (χ3v) is 6.03. The molecule has 1 aliphatic heterocycles. The largest absolute Gasteiger partial charge is 0.479 e. The molecule has 0 bridgehead atoms. The summed E-state index contributed by atoms with van der Waals surface area (Å²) in [7, 11) is 0. The fourth-order valence-corrected chi connectivity index (χ4v) is 4.58. The molecule has 3 aromatic rings. The first-order chi connectivity index (χ1) is 15.4. The second-order valence-corrected chi connectivity index (χ2v) is 8.36. The minimum Gasteiger partial charge on any atom is -0.479 e. The van der Waals surface area contributed by atoms with E-state index in [0.717, 1.165) is 16.7 Å². The Kier molecular flexibility index (Phi) is 5.89. The molecule has 8 nitrogen and oxygen atoms in total. The Labute approximate surface area is 191 Å². The zero-order valence-electron chi connectivity index (χ0n) is 16.2. The number of carbonyl (C=O) groups excluding carboxylic acids is 1. The summed E-state index contributed by atoms with van der Waals surface area (Å²) >= 11 is 6.26. The first-order valence-electron chi connectivity index (χ1n) is 9.25. The van der Waals surface area contributed by atoms with Crippen molar-refractivity contribution in [2.24, 2.45) is 0 Å². The lowest BCUT2D eigenvalue weighted by atomic mass is 10.1. The molecule has 0 saturated carbocycles. The molecule has 1 N–H and O–H groups in total. The predicted octanol–water partition coefficient (Wildman–Crippen LogP) is 4.88. The van der Waals surface area contributed by atoms with E-state index in [9.17, 15) is 24.8 Å². The van der Waals surface area contributed by atoms with Crippen LogP contribution in [0.3, 0.4) is 0 Å². The van der Waals surface area contributed by atoms with Gasteiger partial charge >= 0.3 is 5.97 Å². The summed E-state index contributed by atoms with van der Waals surface area (Å²) < 4.78 is 5.82. The Bertz CT molecular complexity index is 1270. The Hall–Kier alpha value is -3.76. The number of nitrogens with zero attached hydrogens (tertiary/aromatic N) is 2. The highest BCUT2D eigenvalue weighted by molar-refractivity contribution is 8.26. The monoisotopic (exact) mass is 466 g/mol. The standard InChI is InChI=1S/C22H14N2O6S2/c25-20-18(32-22(31)23(20)19(21(26)27)13-6-2-1-3-7-13)12-14-10-11-17(30-14)15-8-4-5-9-16(15)24(28)29/h1-12,19H,(H,26,27)/b18-12-. The van der Waals surface area contributed by atoms with Gasteiger partial charge < -0.3 is 9.52 Å². The molecule has 160 valence electrons. The van der Waals surface area contributed by atoms with Crippen LogP contribution in [-0.2, 0) is 9.59 Å². The first kappa shape index (κ1) is 21.5. The molecule has 1 fully saturated rings. The molecule has 1 amide bonds. The molecule has 2 aromatic carbocycles. The van der Waals surface area contributed by atoms with Crippen molar-refractivity contribution in [3.63, 3.8) is 0 Å². The molecular weight excluding hydrogens is 452 g/mol. The van der Waals surface area contributed by atoms with Crippen LogP contribution in [0, 0.1) is 10.1 Å². The van der Waals surface area contributed by atoms with E-state index in [-0.39, 0.29) is 26.4 Å². The maximum absolute atomic E-state index is 13.0. The number of carbonyl (C=O) groups is 2. The fourth-order valence-electron chi connectivity index (χ4n) is 3.29. The zero-order chi connectivity index (χ0) is 22.8. The molecule has 1 aliphatic rings. The SMILES string of the molecule is O=C(O)C(c1ccccc1)N1C(=O)/C(=C/c2ccc(-c3ccccc3[N+](=O)[O-])o2)SC1=S. The summed E-state index contributed by atoms with van der Waals surface area (Å²) in [6.07, 6.45) is 1.45. The highest BCUT2D eigenvalue weighted by Crippen LogP contribution is 2.39. The summed E-state index contributed by atoms with van der Waals surface area (Å²) in [6, 6.07) is 16.4. The van der Waals surface area contributed by atoms with Crippen LogP contribution in [0.25, 0.3) is 17.4 Å². The van der Waals surface area contributed by atoms with Gasteiger partial charge in [0.15, 0.2) is 6.04 Å². The Balaban J connectivity index is 1.65. The van der Waals surface area contributed by atoms with Crippen LogP contribution in [0.4, 0.5) is 5.69 Å². The molecule has 32 heavy (non-hydrogen) atoms. The number of nitro benzene ring substituents is 1. The summed E-state index contributed by atoms with van der Waals surface area (Å²) in [5, 5.41) is 21.0. The van der Waals surface area contributed by atoms with Crippen LogP contribution in [0.15, 0.2) is 76.1 Å². The van der Waals surface area contributed by atoms with E-state index in [1.54, 1.807) is 60.7 Å². The fraction of sp³-hybridized carbons (Fsp3) is 0.0455. The average molecular weight is 466 g/mol. The summed E-state index contributed by atoms with van der Waals surface area (Å²) in [5.74, 6) is -1.21. The number of thiocarbonyl (C=S) groups is 1. The number of hydrogen-bond donors (Lipinski definition) is 1. The van der Waals surface area contributed by atoms with Crippen LogP contribution in [0.5, 0.6) is 0 Å². The zero-order valence-corrected chi connectivity index (χ0v) is 17.8. The van der Waals surface area contributed by atoms with Crippen LogP contribution in [-0.4, -0.2) is 31.1 Å². The first-order valence-corrected chi connectivity index (χ1v) is 10.5. The van der Waals surface area contributed by atoms with E-state index >= 15 is 0 Å². The maximum atomic E-state index is 13.0. The molecule has 2 heterocycles. The topological polar surface area (TPSA) is 114 Å². The third-order valence-electron chi connectivity index (χ3n) is 4.70. The normalized spacial score (nSPS) is 15.9. The number of furan rings is 1. The molecule has 1 unspecified atom stereocenters. The van der Waals surface area contributed by atoms with Gasteiger partial charge in [-0.1, -0.05) is 66.4 Å². The van der Waals surface area contributed by atoms with E-state index < -0.39 is 22.8 Å². The number of hydrogen-bond acceptors (Lipinski definition) is 7. The molecule has 1 saturated heterocycles. The van der Waals surface area contributed by atoms with E-state index in [1.807, 2.05) is 0 Å². The van der Waals surface area contributed by atoms with Gasteiger partial charge in [-0.25, -0.2) is 4.79 Å². The number of para-hydroxylation sites is 1. The Morgan fingerprint density at radius 2 is 1.81 bits per heavy atom. The van der Waals surface area contributed by atoms with Crippen LogP contribution in [0.1, 0.15) is 17.4 Å². The molecule has 1 atom stereocenters. The van der Waals surface area contributed by atoms with Crippen LogP contribution < -0.4 is 0 Å². The van der Waals surface area contributed by atoms with Crippen molar-refractivity contribution >= 4 is 51.9 Å². The number of nitro groups is 1. The van der Waals surface area contributed by atoms with Crippen molar-refractivity contribution in [3.05, 3.63) is 93.1 Å². The van der Waals surface area contributed by atoms with Crippen molar-refractivity contribution in [2.45, 2.75) is 6.04 Å². The van der Waals surface area contributed by atoms with Gasteiger partial charge in [-0.2, -0.15) is 0 Å². The molecule has 0 radical (unpaired) electrons. The number of thioether (sulfide) groups is 1. The van der Waals surface area contributed by atoms with Crippen molar-refractivity contribution in [1.82, 2.24) is 4.90 Å². The number of amides is 1. The predicted molar refractivity (Wildman–Crippen MR) is 123 cm³/mol. The van der Waals surface area contributed by atoms with Gasteiger partial charge in [0, 0.05) is 12.1 Å². The smallest absolute Gasteiger partial charge is 0.331 e. The van der Waals surface area contributed by atoms with E-state index in [0.29, 0.717) is 11.1 Å². The quantitative estimate of drug-likeness (QED) is 0.237. The number of benzene rings is 2. The minimum absolute atomic E-state index is 0.105. The van der Waals surface area contributed by atoms with Gasteiger partial charge in [0.2, 0.25) is 0 Å². The lowest BCUT2D eigenvalue weighted by Crippen LogP contribution is -2.37. The third kappa shape index (κ3) is 4.05. The second-order valence-electron chi connectivity index (χ2n) is 6.68. The molecule has 10 heteroatoms. The van der Waals surface area contributed by atoms with E-state index in [1.165, 1.54) is 12.1 Å². The Morgan fingerprint density at radius 1 is 1.12 bits per heavy atom. The van der Waals surface area contributed by atoms with Crippen LogP contribution in [0.2, 0.25) is 0 Å². The van der Waals surface area contributed by atoms with Crippen molar-refractivity contribution < 1.29 is 24.0 Å². The number of rotatable bonds is 6. The lowest BCUT2D eigenvalue weighted by Gasteiger charge is -2.23. The Morgan fingerprint density at radius 3 is 2.50 bits per heavy atom. The van der Waals surface area contributed by atoms with E-state index in [4.69, 9.17) is 16.6 Å². The second kappa shape index (κ2) is 8.77. The summed E-state index contributed by atoms with van der Waals surface area (Å²) in [6.45, 7) is 0. The van der Waals surface area contributed by atoms with Crippen molar-refractivity contribution in [3.8, 4) is 11.3 Å². The number of carboxylic acid groups (broad SMARTS) is 1. The van der Waals surface area contributed by atoms with Gasteiger partial charge in [0.25, 0.3) is 11.6 Å². The van der Waals surface area contributed by atoms with Crippen molar-refractivity contribution in [2.75, 3.05) is 0 Å². The summed E-state index contributed by atoms with van der Waals surface area (Å²) in [4.78, 5) is 37.0. The lowest BCUT2D eigenvalue weighted by molar-refractivity contribution is -0.384. The molecule has 0 spiro atoms. The van der Waals surface area contributed by atoms with Gasteiger partial charge in [0.1, 0.15) is 15.8 Å². The van der Waals surface area contributed by atoms with Gasteiger partial charge in [-0.15, -0.1) is 0 Å². The molecule has 0 aliphatic carbocycles. The summed E-state index contributed by atoms with van der Waals surface area (Å²) in [5.41, 5.74) is 0.626. The number of carboxylic acids is 1. The van der Waals surface area contributed by atoms with Gasteiger partial charge in [-0.3, -0.25) is 19.8 Å². The average Bonchev–Trinajstić information content (AvgIpc) is 3.35. The number of aliphatic carboxylic acids is 1. The van der Waals surface area contributed by atoms with E-state index in [2.05, 4.69) is 0 Å². The van der Waals surface area contributed by atoms with Crippen molar-refractivity contribution in [1.29, 1.82) is 0 Å². The molecule has 4 rings (SSSR count).